The predicted molar refractivity (Wildman–Crippen MR) is 65.8 cm³/mol. The maximum Gasteiger partial charge on any atom is 0.528 e. The summed E-state index contributed by atoms with van der Waals surface area (Å²) in [4.78, 5) is 0. The van der Waals surface area contributed by atoms with Gasteiger partial charge in [0, 0.05) is 19.3 Å². The zero-order valence-corrected chi connectivity index (χ0v) is 12.2. The minimum absolute atomic E-state index is 0.0699. The number of ether oxygens (including phenoxy) is 2. The van der Waals surface area contributed by atoms with Crippen LogP contribution in [-0.2, 0) is 22.8 Å². The molecule has 1 saturated heterocycles. The Kier molecular flexibility index (Phi) is 6.61. The summed E-state index contributed by atoms with van der Waals surface area (Å²) in [6.45, 7) is 10.4. The van der Waals surface area contributed by atoms with E-state index in [0.29, 0.717) is 26.1 Å². The molecule has 1 fully saturated rings. The lowest BCUT2D eigenvalue weighted by Crippen LogP contribution is -2.52. The van der Waals surface area contributed by atoms with Gasteiger partial charge in [-0.1, -0.05) is 0 Å². The molecule has 1 aliphatic heterocycles. The lowest BCUT2D eigenvalue weighted by Gasteiger charge is -2.30. The van der Waals surface area contributed by atoms with Gasteiger partial charge in [0.05, 0.1) is 13.2 Å². The minimum Gasteiger partial charge on any atom is -0.374 e. The zero-order chi connectivity index (χ0) is 12.7. The van der Waals surface area contributed by atoms with Crippen LogP contribution in [0.1, 0.15) is 27.7 Å². The molecule has 0 N–H and O–H groups in total. The highest BCUT2D eigenvalue weighted by Gasteiger charge is 2.43. The lowest BCUT2D eigenvalue weighted by molar-refractivity contribution is 0.00873. The first kappa shape index (κ1) is 15.1. The van der Waals surface area contributed by atoms with E-state index in [9.17, 15) is 0 Å². The molecule has 0 aromatic carbocycles. The third kappa shape index (κ3) is 5.94. The third-order valence-corrected chi connectivity index (χ3v) is 4.97. The molecule has 1 aliphatic rings. The van der Waals surface area contributed by atoms with Crippen molar-refractivity contribution in [3.63, 3.8) is 0 Å². The smallest absolute Gasteiger partial charge is 0.374 e. The van der Waals surface area contributed by atoms with Crippen LogP contribution in [0.25, 0.3) is 0 Å². The van der Waals surface area contributed by atoms with Crippen molar-refractivity contribution in [1.82, 2.24) is 0 Å². The Morgan fingerprint density at radius 3 is 2.24 bits per heavy atom. The van der Waals surface area contributed by atoms with Gasteiger partial charge in [0.1, 0.15) is 12.3 Å². The molecule has 0 saturated carbocycles. The van der Waals surface area contributed by atoms with Crippen LogP contribution in [0.2, 0.25) is 0 Å². The predicted octanol–water partition coefficient (Wildman–Crippen LogP) is 1.38. The van der Waals surface area contributed by atoms with Crippen LogP contribution in [0, 0.1) is 0 Å². The fraction of sp³-hybridized carbons (Fsp3) is 1.00. The Bertz CT molecular complexity index is 202. The van der Waals surface area contributed by atoms with E-state index in [-0.39, 0.29) is 12.2 Å². The van der Waals surface area contributed by atoms with Gasteiger partial charge in [-0.15, -0.1) is 0 Å². The summed E-state index contributed by atoms with van der Waals surface area (Å²) in [7, 11) is -2.68. The molecule has 1 rings (SSSR count). The Labute approximate surface area is 105 Å². The lowest BCUT2D eigenvalue weighted by atomic mass is 10.5. The molecule has 0 spiro atoms. The molecule has 1 heterocycles. The monoisotopic (exact) mass is 264 g/mol. The van der Waals surface area contributed by atoms with E-state index in [0.717, 1.165) is 6.61 Å². The highest BCUT2D eigenvalue weighted by molar-refractivity contribution is 6.60. The average molecular weight is 264 g/mol. The molecule has 17 heavy (non-hydrogen) atoms. The van der Waals surface area contributed by atoms with E-state index >= 15 is 0 Å². The molecular weight excluding hydrogens is 240 g/mol. The first-order chi connectivity index (χ1) is 8.12. The van der Waals surface area contributed by atoms with Crippen molar-refractivity contribution in [2.24, 2.45) is 0 Å². The summed E-state index contributed by atoms with van der Waals surface area (Å²) in [5, 5.41) is 0. The average Bonchev–Trinajstić information content (AvgIpc) is 3.01. The SMILES string of the molecule is CCO[Si](COCC1CO1)(OCC)OC(C)C. The Balaban J connectivity index is 2.44. The number of hydrogen-bond donors (Lipinski definition) is 0. The fourth-order valence-corrected chi connectivity index (χ4v) is 3.93. The van der Waals surface area contributed by atoms with Gasteiger partial charge in [-0.3, -0.25) is 0 Å². The van der Waals surface area contributed by atoms with E-state index in [1.807, 2.05) is 27.7 Å². The highest BCUT2D eigenvalue weighted by Crippen LogP contribution is 2.15. The van der Waals surface area contributed by atoms with Crippen LogP contribution in [0.3, 0.4) is 0 Å². The zero-order valence-electron chi connectivity index (χ0n) is 11.2. The molecule has 0 amide bonds. The third-order valence-electron chi connectivity index (χ3n) is 2.13. The minimum atomic E-state index is -2.68. The summed E-state index contributed by atoms with van der Waals surface area (Å²) < 4.78 is 28.0. The van der Waals surface area contributed by atoms with Crippen LogP contribution < -0.4 is 0 Å². The van der Waals surface area contributed by atoms with Gasteiger partial charge in [0.25, 0.3) is 0 Å². The van der Waals surface area contributed by atoms with Gasteiger partial charge in [-0.2, -0.15) is 0 Å². The fourth-order valence-electron chi connectivity index (χ4n) is 1.51. The summed E-state index contributed by atoms with van der Waals surface area (Å²) in [6, 6.07) is 0. The first-order valence-electron chi connectivity index (χ1n) is 6.27. The molecular formula is C11H24O5Si. The van der Waals surface area contributed by atoms with Gasteiger partial charge in [-0.05, 0) is 27.7 Å². The molecule has 102 valence electrons. The van der Waals surface area contributed by atoms with Crippen LogP contribution in [0.4, 0.5) is 0 Å². The van der Waals surface area contributed by atoms with Gasteiger partial charge < -0.3 is 22.8 Å². The van der Waals surface area contributed by atoms with Crippen LogP contribution in [-0.4, -0.2) is 53.7 Å². The van der Waals surface area contributed by atoms with Crippen molar-refractivity contribution < 1.29 is 22.8 Å². The molecule has 0 radical (unpaired) electrons. The van der Waals surface area contributed by atoms with E-state index in [1.54, 1.807) is 0 Å². The van der Waals surface area contributed by atoms with E-state index in [4.69, 9.17) is 22.8 Å². The maximum atomic E-state index is 5.85. The maximum absolute atomic E-state index is 5.85. The van der Waals surface area contributed by atoms with E-state index in [2.05, 4.69) is 0 Å². The van der Waals surface area contributed by atoms with E-state index < -0.39 is 8.80 Å². The highest BCUT2D eigenvalue weighted by atomic mass is 28.4. The normalized spacial score (nSPS) is 19.9. The van der Waals surface area contributed by atoms with Crippen molar-refractivity contribution >= 4 is 8.80 Å². The van der Waals surface area contributed by atoms with Gasteiger partial charge in [0.2, 0.25) is 0 Å². The van der Waals surface area contributed by atoms with Crippen molar-refractivity contribution in [3.05, 3.63) is 0 Å². The molecule has 0 bridgehead atoms. The van der Waals surface area contributed by atoms with Crippen LogP contribution >= 0.6 is 0 Å². The quantitative estimate of drug-likeness (QED) is 0.441. The van der Waals surface area contributed by atoms with Crippen LogP contribution in [0.5, 0.6) is 0 Å². The second-order valence-corrected chi connectivity index (χ2v) is 6.65. The Morgan fingerprint density at radius 1 is 1.24 bits per heavy atom. The Hall–Kier alpha value is 0.0169. The molecule has 0 aromatic rings. The second kappa shape index (κ2) is 7.45. The van der Waals surface area contributed by atoms with Crippen molar-refractivity contribution in [2.75, 3.05) is 32.7 Å². The van der Waals surface area contributed by atoms with E-state index in [1.165, 1.54) is 0 Å². The molecule has 0 aromatic heterocycles. The van der Waals surface area contributed by atoms with Crippen molar-refractivity contribution in [1.29, 1.82) is 0 Å². The number of rotatable bonds is 10. The molecule has 0 aliphatic carbocycles. The van der Waals surface area contributed by atoms with Crippen LogP contribution in [0.15, 0.2) is 0 Å². The van der Waals surface area contributed by atoms with Gasteiger partial charge in [0.15, 0.2) is 0 Å². The topological polar surface area (TPSA) is 49.5 Å². The van der Waals surface area contributed by atoms with Gasteiger partial charge >= 0.3 is 8.80 Å². The molecule has 6 heteroatoms. The standard InChI is InChI=1S/C11H24O5Si/c1-5-14-17(15-6-2,16-10(3)4)9-12-7-11-8-13-11/h10-11H,5-9H2,1-4H3. The largest absolute Gasteiger partial charge is 0.528 e. The van der Waals surface area contributed by atoms with Gasteiger partial charge in [-0.25, -0.2) is 0 Å². The van der Waals surface area contributed by atoms with Crippen molar-refractivity contribution in [3.8, 4) is 0 Å². The first-order valence-corrected chi connectivity index (χ1v) is 8.20. The molecule has 5 nitrogen and oxygen atoms in total. The molecule has 1 atom stereocenters. The second-order valence-electron chi connectivity index (χ2n) is 4.19. The molecule has 1 unspecified atom stereocenters. The summed E-state index contributed by atoms with van der Waals surface area (Å²) in [5.74, 6) is 0. The van der Waals surface area contributed by atoms with Crippen molar-refractivity contribution in [2.45, 2.75) is 39.9 Å². The number of epoxide rings is 1. The summed E-state index contributed by atoms with van der Waals surface area (Å²) >= 11 is 0. The Morgan fingerprint density at radius 2 is 1.82 bits per heavy atom. The summed E-state index contributed by atoms with van der Waals surface area (Å²) in [6.07, 6.45) is 0.719. The summed E-state index contributed by atoms with van der Waals surface area (Å²) in [5.41, 5.74) is 0. The number of hydrogen-bond acceptors (Lipinski definition) is 5.